The topological polar surface area (TPSA) is 343 Å². The van der Waals surface area contributed by atoms with Gasteiger partial charge in [0.2, 0.25) is 23.6 Å². The number of guanidine groups is 2. The summed E-state index contributed by atoms with van der Waals surface area (Å²) in [6, 6.07) is 0.758. The van der Waals surface area contributed by atoms with Gasteiger partial charge in [0.25, 0.3) is 0 Å². The van der Waals surface area contributed by atoms with Crippen molar-refractivity contribution < 1.29 is 34.2 Å². The van der Waals surface area contributed by atoms with E-state index in [2.05, 4.69) is 25.9 Å². The number of nitrogens with one attached hydrogen (secondary N) is 3. The van der Waals surface area contributed by atoms with E-state index < -0.39 is 53.8 Å². The quantitative estimate of drug-likeness (QED) is 0.0379. The maximum Gasteiger partial charge on any atom is 0.326 e. The number of nitrogens with zero attached hydrogens (tertiary/aromatic N) is 2. The van der Waals surface area contributed by atoms with E-state index in [1.54, 1.807) is 0 Å². The van der Waals surface area contributed by atoms with Gasteiger partial charge in [0.1, 0.15) is 23.9 Å². The lowest BCUT2D eigenvalue weighted by atomic mass is 10.0. The van der Waals surface area contributed by atoms with Crippen LogP contribution in [0, 0.1) is 0 Å². The maximum absolute atomic E-state index is 13.4. The molecule has 4 amide bonds. The van der Waals surface area contributed by atoms with Crippen LogP contribution in [0.25, 0.3) is 0 Å². The number of aliphatic imine (C=N–C) groups is 2. The summed E-state index contributed by atoms with van der Waals surface area (Å²) in [4.78, 5) is 70.3. The molecule has 0 saturated carbocycles. The molecule has 0 aliphatic carbocycles. The van der Waals surface area contributed by atoms with Crippen LogP contribution in [0.1, 0.15) is 44.1 Å². The minimum absolute atomic E-state index is 0.0178. The highest BCUT2D eigenvalue weighted by Crippen LogP contribution is 2.12. The number of hydrogen-bond acceptors (Lipinski definition) is 9. The Morgan fingerprint density at radius 3 is 1.73 bits per heavy atom. The van der Waals surface area contributed by atoms with Crippen molar-refractivity contribution >= 4 is 41.5 Å². The van der Waals surface area contributed by atoms with Gasteiger partial charge in [-0.25, -0.2) is 4.79 Å². The van der Waals surface area contributed by atoms with Crippen molar-refractivity contribution in [2.75, 3.05) is 13.1 Å². The molecule has 0 aromatic heterocycles. The number of aromatic hydroxyl groups is 1. The van der Waals surface area contributed by atoms with Crippen molar-refractivity contribution in [1.29, 1.82) is 0 Å². The molecule has 4 unspecified atom stereocenters. The largest absolute Gasteiger partial charge is 0.508 e. The third kappa shape index (κ3) is 15.2. The molecule has 0 heterocycles. The van der Waals surface area contributed by atoms with E-state index in [1.165, 1.54) is 24.3 Å². The molecule has 1 rings (SSSR count). The second kappa shape index (κ2) is 19.1. The third-order valence-electron chi connectivity index (χ3n) is 6.19. The van der Waals surface area contributed by atoms with Crippen molar-refractivity contribution in [2.24, 2.45) is 44.4 Å². The Bertz CT molecular complexity index is 1180. The lowest BCUT2D eigenvalue weighted by molar-refractivity contribution is -0.142. The van der Waals surface area contributed by atoms with Crippen LogP contribution < -0.4 is 50.4 Å². The molecule has 1 aromatic carbocycles. The van der Waals surface area contributed by atoms with Crippen LogP contribution in [0.5, 0.6) is 5.75 Å². The lowest BCUT2D eigenvalue weighted by Gasteiger charge is -2.25. The first-order chi connectivity index (χ1) is 20.7. The standard InChI is InChI=1S/C26H43N11O7/c27-16(3-1-11-33-25(29)30)21(40)35-17(9-10-20(28)39)22(41)37-19(13-14-5-7-15(38)8-6-14)23(42)36-18(24(43)44)4-2-12-34-26(31)32/h5-8,16-19,38H,1-4,9-13,27H2,(H2,28,39)(H,35,40)(H,36,42)(H,37,41)(H,43,44)(H4,29,30,33)(H4,31,32,34). The molecule has 0 radical (unpaired) electrons. The number of rotatable bonds is 20. The molecular weight excluding hydrogens is 578 g/mol. The van der Waals surface area contributed by atoms with Gasteiger partial charge in [-0.2, -0.15) is 0 Å². The van der Waals surface area contributed by atoms with E-state index in [-0.39, 0.29) is 69.3 Å². The zero-order chi connectivity index (χ0) is 33.2. The lowest BCUT2D eigenvalue weighted by Crippen LogP contribution is -2.57. The SMILES string of the molecule is NC(=O)CCC(NC(=O)C(N)CCCN=C(N)N)C(=O)NC(Cc1ccc(O)cc1)C(=O)NC(CCCN=C(N)N)C(=O)O. The Morgan fingerprint density at radius 1 is 0.705 bits per heavy atom. The van der Waals surface area contributed by atoms with Crippen LogP contribution in [0.3, 0.4) is 0 Å². The minimum Gasteiger partial charge on any atom is -0.508 e. The summed E-state index contributed by atoms with van der Waals surface area (Å²) in [5, 5.41) is 26.7. The zero-order valence-corrected chi connectivity index (χ0v) is 24.3. The van der Waals surface area contributed by atoms with Gasteiger partial charge in [-0.05, 0) is 49.8 Å². The van der Waals surface area contributed by atoms with Crippen molar-refractivity contribution in [2.45, 2.75) is 69.1 Å². The van der Waals surface area contributed by atoms with Crippen molar-refractivity contribution in [3.8, 4) is 5.75 Å². The van der Waals surface area contributed by atoms with Crippen molar-refractivity contribution in [3.05, 3.63) is 29.8 Å². The first kappa shape index (κ1) is 36.9. The number of primary amides is 1. The molecule has 0 saturated heterocycles. The fourth-order valence-corrected chi connectivity index (χ4v) is 3.87. The molecule has 0 fully saturated rings. The molecule has 18 heteroatoms. The first-order valence-electron chi connectivity index (χ1n) is 13.8. The summed E-state index contributed by atoms with van der Waals surface area (Å²) < 4.78 is 0. The number of carbonyl (C=O) groups excluding carboxylic acids is 4. The Balaban J connectivity index is 3.12. The fourth-order valence-electron chi connectivity index (χ4n) is 3.87. The molecule has 17 N–H and O–H groups in total. The molecule has 0 aliphatic rings. The molecular formula is C26H43N11O7. The number of carbonyl (C=O) groups is 5. The Kier molecular flexibility index (Phi) is 16.0. The second-order valence-corrected chi connectivity index (χ2v) is 9.90. The Morgan fingerprint density at radius 2 is 1.20 bits per heavy atom. The van der Waals surface area contributed by atoms with Crippen LogP contribution in [0.15, 0.2) is 34.3 Å². The first-order valence-corrected chi connectivity index (χ1v) is 13.8. The number of nitrogens with two attached hydrogens (primary N) is 6. The van der Waals surface area contributed by atoms with E-state index in [0.717, 1.165) is 0 Å². The molecule has 1 aromatic rings. The van der Waals surface area contributed by atoms with Crippen LogP contribution >= 0.6 is 0 Å². The average molecular weight is 622 g/mol. The summed E-state index contributed by atoms with van der Waals surface area (Å²) in [6.07, 6.45) is 0.175. The van der Waals surface area contributed by atoms with Crippen LogP contribution in [-0.2, 0) is 30.4 Å². The minimum atomic E-state index is -1.33. The van der Waals surface area contributed by atoms with Crippen LogP contribution in [0.4, 0.5) is 0 Å². The number of carboxylic acid groups (broad SMARTS) is 1. The van der Waals surface area contributed by atoms with Gasteiger partial charge >= 0.3 is 5.97 Å². The van der Waals surface area contributed by atoms with Gasteiger partial charge < -0.3 is 60.6 Å². The van der Waals surface area contributed by atoms with Crippen LogP contribution in [0.2, 0.25) is 0 Å². The third-order valence-corrected chi connectivity index (χ3v) is 6.19. The average Bonchev–Trinajstić information content (AvgIpc) is 2.94. The van der Waals surface area contributed by atoms with Gasteiger partial charge in [0.05, 0.1) is 6.04 Å². The van der Waals surface area contributed by atoms with Gasteiger partial charge in [-0.15, -0.1) is 0 Å². The number of carboxylic acids is 1. The van der Waals surface area contributed by atoms with E-state index in [0.29, 0.717) is 12.0 Å². The summed E-state index contributed by atoms with van der Waals surface area (Å²) in [5.41, 5.74) is 32.8. The van der Waals surface area contributed by atoms with E-state index in [1.807, 2.05) is 0 Å². The molecule has 244 valence electrons. The van der Waals surface area contributed by atoms with Crippen LogP contribution in [-0.4, -0.2) is 89.0 Å². The number of hydrogen-bond donors (Lipinski definition) is 11. The Labute approximate surface area is 254 Å². The molecule has 4 atom stereocenters. The maximum atomic E-state index is 13.4. The number of benzene rings is 1. The normalized spacial score (nSPS) is 13.3. The molecule has 18 nitrogen and oxygen atoms in total. The van der Waals surface area contributed by atoms with E-state index >= 15 is 0 Å². The summed E-state index contributed by atoms with van der Waals surface area (Å²) >= 11 is 0. The van der Waals surface area contributed by atoms with Gasteiger partial charge in [0.15, 0.2) is 11.9 Å². The monoisotopic (exact) mass is 621 g/mol. The molecule has 0 aliphatic heterocycles. The van der Waals surface area contributed by atoms with E-state index in [4.69, 9.17) is 34.4 Å². The second-order valence-electron chi connectivity index (χ2n) is 9.90. The van der Waals surface area contributed by atoms with E-state index in [9.17, 15) is 34.2 Å². The van der Waals surface area contributed by atoms with Gasteiger partial charge in [0, 0.05) is 25.9 Å². The summed E-state index contributed by atoms with van der Waals surface area (Å²) in [5.74, 6) is -4.75. The highest BCUT2D eigenvalue weighted by molar-refractivity contribution is 5.94. The fraction of sp³-hybridized carbons (Fsp3) is 0.500. The number of amides is 4. The number of aliphatic carboxylic acids is 1. The van der Waals surface area contributed by atoms with Gasteiger partial charge in [-0.3, -0.25) is 29.2 Å². The number of phenolic OH excluding ortho intramolecular Hbond substituents is 1. The highest BCUT2D eigenvalue weighted by Gasteiger charge is 2.30. The molecule has 0 spiro atoms. The highest BCUT2D eigenvalue weighted by atomic mass is 16.4. The zero-order valence-electron chi connectivity index (χ0n) is 24.3. The number of phenols is 1. The van der Waals surface area contributed by atoms with Gasteiger partial charge in [-0.1, -0.05) is 12.1 Å². The molecule has 0 bridgehead atoms. The molecule has 44 heavy (non-hydrogen) atoms. The summed E-state index contributed by atoms with van der Waals surface area (Å²) in [6.45, 7) is 0.363. The predicted molar refractivity (Wildman–Crippen MR) is 161 cm³/mol. The Hall–Kier alpha value is -5.13. The summed E-state index contributed by atoms with van der Waals surface area (Å²) in [7, 11) is 0. The van der Waals surface area contributed by atoms with Crippen molar-refractivity contribution in [3.63, 3.8) is 0 Å². The smallest absolute Gasteiger partial charge is 0.326 e. The predicted octanol–water partition coefficient (Wildman–Crippen LogP) is -3.83. The van der Waals surface area contributed by atoms with Crippen molar-refractivity contribution in [1.82, 2.24) is 16.0 Å².